The van der Waals surface area contributed by atoms with Crippen molar-refractivity contribution in [1.82, 2.24) is 0 Å². The van der Waals surface area contributed by atoms with E-state index < -0.39 is 18.0 Å². The summed E-state index contributed by atoms with van der Waals surface area (Å²) in [4.78, 5) is 22.2. The van der Waals surface area contributed by atoms with E-state index in [4.69, 9.17) is 10.2 Å². The van der Waals surface area contributed by atoms with Gasteiger partial charge in [0.2, 0.25) is 0 Å². The Labute approximate surface area is 96.5 Å². The highest BCUT2D eigenvalue weighted by Crippen LogP contribution is 2.21. The first-order valence-corrected chi connectivity index (χ1v) is 5.00. The predicted octanol–water partition coefficient (Wildman–Crippen LogP) is -0.0240. The number of fused-ring (bicyclic) bond motifs is 1. The minimum Gasteiger partial charge on any atom is -0.550 e. The molecule has 2 aromatic rings. The average Bonchev–Trinajstić information content (AvgIpc) is 2.23. The van der Waals surface area contributed by atoms with Crippen LogP contribution in [0.5, 0.6) is 0 Å². The molecule has 0 radical (unpaired) electrons. The lowest BCUT2D eigenvalue weighted by Gasteiger charge is -2.08. The molecular weight excluding hydrogens is 222 g/mol. The highest BCUT2D eigenvalue weighted by Gasteiger charge is 2.11. The normalized spacial score (nSPS) is 10.6. The van der Waals surface area contributed by atoms with Crippen molar-refractivity contribution >= 4 is 22.6 Å². The zero-order valence-corrected chi connectivity index (χ0v) is 9.15. The second kappa shape index (κ2) is 3.93. The Hall–Kier alpha value is -2.30. The number of carboxylic acids is 1. The van der Waals surface area contributed by atoms with Crippen LogP contribution in [0.25, 0.3) is 11.0 Å². The number of rotatable bonds is 2. The molecule has 2 N–H and O–H groups in total. The van der Waals surface area contributed by atoms with Gasteiger partial charge in [-0.05, 0) is 24.6 Å². The van der Waals surface area contributed by atoms with Crippen LogP contribution >= 0.6 is 0 Å². The van der Waals surface area contributed by atoms with E-state index in [0.29, 0.717) is 22.2 Å². The number of carbonyl (C=O) groups excluding carboxylic acids is 1. The van der Waals surface area contributed by atoms with Crippen LogP contribution in [0, 0.1) is 6.92 Å². The minimum atomic E-state index is -1.31. The third kappa shape index (κ3) is 1.99. The third-order valence-corrected chi connectivity index (χ3v) is 2.63. The van der Waals surface area contributed by atoms with Gasteiger partial charge in [0.25, 0.3) is 0 Å². The fourth-order valence-electron chi connectivity index (χ4n) is 1.76. The maximum Gasteiger partial charge on any atom is 0.340 e. The number of nitrogens with two attached hydrogens (primary N) is 1. The van der Waals surface area contributed by atoms with Crippen LogP contribution in [-0.2, 0) is 11.2 Å². The molecule has 0 aliphatic rings. The van der Waals surface area contributed by atoms with Crippen LogP contribution < -0.4 is 16.5 Å². The van der Waals surface area contributed by atoms with E-state index in [1.54, 1.807) is 19.1 Å². The highest BCUT2D eigenvalue weighted by molar-refractivity contribution is 5.84. The summed E-state index contributed by atoms with van der Waals surface area (Å²) in [6.07, 6.45) is -0.450. The molecule has 0 unspecified atom stereocenters. The number of anilines is 1. The largest absolute Gasteiger partial charge is 0.550 e. The summed E-state index contributed by atoms with van der Waals surface area (Å²) >= 11 is 0. The first-order chi connectivity index (χ1) is 7.99. The summed E-state index contributed by atoms with van der Waals surface area (Å²) in [5.41, 5.74) is 6.45. The smallest absolute Gasteiger partial charge is 0.340 e. The van der Waals surface area contributed by atoms with Gasteiger partial charge in [0.05, 0.1) is 0 Å². The molecule has 88 valence electrons. The number of aryl methyl sites for hydroxylation is 1. The fraction of sp³-hybridized carbons (Fsp3) is 0.167. The summed E-state index contributed by atoms with van der Waals surface area (Å²) < 4.78 is 5.03. The third-order valence-electron chi connectivity index (χ3n) is 2.63. The number of nitrogen functional groups attached to an aromatic ring is 1. The van der Waals surface area contributed by atoms with Crippen molar-refractivity contribution in [2.24, 2.45) is 0 Å². The lowest BCUT2D eigenvalue weighted by atomic mass is 10.0. The molecule has 0 amide bonds. The molecule has 0 aliphatic heterocycles. The van der Waals surface area contributed by atoms with Crippen molar-refractivity contribution in [1.29, 1.82) is 0 Å². The van der Waals surface area contributed by atoms with Gasteiger partial charge in [-0.2, -0.15) is 0 Å². The Morgan fingerprint density at radius 1 is 1.47 bits per heavy atom. The molecule has 5 nitrogen and oxygen atoms in total. The molecular formula is C12H10NO4-. The average molecular weight is 232 g/mol. The monoisotopic (exact) mass is 232 g/mol. The molecule has 0 atom stereocenters. The van der Waals surface area contributed by atoms with Gasteiger partial charge in [0.1, 0.15) is 5.58 Å². The van der Waals surface area contributed by atoms with E-state index in [2.05, 4.69) is 0 Å². The number of hydrogen-bond donors (Lipinski definition) is 1. The zero-order valence-electron chi connectivity index (χ0n) is 9.15. The summed E-state index contributed by atoms with van der Waals surface area (Å²) in [7, 11) is 0. The van der Waals surface area contributed by atoms with Gasteiger partial charge in [-0.3, -0.25) is 0 Å². The second-order valence-electron chi connectivity index (χ2n) is 3.80. The molecule has 0 aliphatic carbocycles. The van der Waals surface area contributed by atoms with Gasteiger partial charge in [-0.15, -0.1) is 0 Å². The number of carboxylic acid groups (broad SMARTS) is 1. The second-order valence-corrected chi connectivity index (χ2v) is 3.80. The van der Waals surface area contributed by atoms with Crippen LogP contribution in [-0.4, -0.2) is 5.97 Å². The van der Waals surface area contributed by atoms with E-state index in [0.717, 1.165) is 0 Å². The Morgan fingerprint density at radius 2 is 2.18 bits per heavy atom. The first kappa shape index (κ1) is 11.2. The van der Waals surface area contributed by atoms with Gasteiger partial charge in [-0.25, -0.2) is 4.79 Å². The lowest BCUT2D eigenvalue weighted by molar-refractivity contribution is -0.304. The van der Waals surface area contributed by atoms with Crippen molar-refractivity contribution in [3.05, 3.63) is 39.7 Å². The number of aliphatic carboxylic acids is 1. The van der Waals surface area contributed by atoms with Gasteiger partial charge in [0.15, 0.2) is 0 Å². The number of hydrogen-bond acceptors (Lipinski definition) is 5. The van der Waals surface area contributed by atoms with Crippen LogP contribution in [0.4, 0.5) is 5.69 Å². The molecule has 0 bridgehead atoms. The number of benzene rings is 1. The Morgan fingerprint density at radius 3 is 2.82 bits per heavy atom. The Bertz CT molecular complexity index is 657. The van der Waals surface area contributed by atoms with Crippen molar-refractivity contribution in [2.75, 3.05) is 5.73 Å². The van der Waals surface area contributed by atoms with E-state index in [1.165, 1.54) is 6.07 Å². The van der Waals surface area contributed by atoms with E-state index in [-0.39, 0.29) is 5.56 Å². The van der Waals surface area contributed by atoms with Crippen molar-refractivity contribution in [2.45, 2.75) is 13.3 Å². The molecule has 5 heteroatoms. The molecule has 17 heavy (non-hydrogen) atoms. The first-order valence-electron chi connectivity index (χ1n) is 5.00. The van der Waals surface area contributed by atoms with E-state index >= 15 is 0 Å². The zero-order chi connectivity index (χ0) is 12.6. The van der Waals surface area contributed by atoms with Crippen LogP contribution in [0.2, 0.25) is 0 Å². The highest BCUT2D eigenvalue weighted by atomic mass is 16.4. The van der Waals surface area contributed by atoms with E-state index in [9.17, 15) is 14.7 Å². The minimum absolute atomic E-state index is 0.113. The maximum absolute atomic E-state index is 11.6. The topological polar surface area (TPSA) is 96.4 Å². The molecule has 0 saturated carbocycles. The molecule has 0 saturated heterocycles. The van der Waals surface area contributed by atoms with E-state index in [1.807, 2.05) is 0 Å². The Balaban J connectivity index is 2.76. The van der Waals surface area contributed by atoms with Crippen molar-refractivity contribution in [3.63, 3.8) is 0 Å². The standard InChI is InChI=1S/C12H11NO4/c1-6-8-3-2-7(13)4-10(8)17-12(16)9(6)5-11(14)15/h2-4H,5,13H2,1H3,(H,14,15)/p-1. The summed E-state index contributed by atoms with van der Waals surface area (Å²) in [5, 5.41) is 11.2. The lowest BCUT2D eigenvalue weighted by Crippen LogP contribution is -2.27. The molecule has 1 heterocycles. The van der Waals surface area contributed by atoms with Gasteiger partial charge in [-0.1, -0.05) is 0 Å². The van der Waals surface area contributed by atoms with Crippen molar-refractivity contribution in [3.8, 4) is 0 Å². The molecule has 2 rings (SSSR count). The summed E-state index contributed by atoms with van der Waals surface area (Å²) in [6.45, 7) is 1.67. The molecule has 1 aromatic carbocycles. The van der Waals surface area contributed by atoms with Crippen LogP contribution in [0.3, 0.4) is 0 Å². The SMILES string of the molecule is Cc1c(CC(=O)[O-])c(=O)oc2cc(N)ccc12. The van der Waals surface area contributed by atoms with Crippen molar-refractivity contribution < 1.29 is 14.3 Å². The quantitative estimate of drug-likeness (QED) is 0.579. The molecule has 0 fully saturated rings. The van der Waals surface area contributed by atoms with Gasteiger partial charge < -0.3 is 20.1 Å². The molecule has 0 spiro atoms. The summed E-state index contributed by atoms with van der Waals surface area (Å²) in [6, 6.07) is 4.90. The van der Waals surface area contributed by atoms with Gasteiger partial charge in [0, 0.05) is 35.1 Å². The van der Waals surface area contributed by atoms with Gasteiger partial charge >= 0.3 is 5.63 Å². The van der Waals surface area contributed by atoms with Crippen LogP contribution in [0.1, 0.15) is 11.1 Å². The molecule has 1 aromatic heterocycles. The number of carbonyl (C=O) groups is 1. The summed E-state index contributed by atoms with van der Waals surface area (Å²) in [5.74, 6) is -1.31. The van der Waals surface area contributed by atoms with Crippen LogP contribution in [0.15, 0.2) is 27.4 Å². The fourth-order valence-corrected chi connectivity index (χ4v) is 1.76. The Kier molecular flexibility index (Phi) is 2.59. The predicted molar refractivity (Wildman–Crippen MR) is 60.3 cm³/mol. The maximum atomic E-state index is 11.6.